The molecule has 20 heavy (non-hydrogen) atoms. The zero-order chi connectivity index (χ0) is 14.4. The average Bonchev–Trinajstić information content (AvgIpc) is 2.70. The fraction of sp³-hybridized carbons (Fsp3) is 0.588. The first-order valence-corrected chi connectivity index (χ1v) is 7.62. The molecule has 0 unspecified atom stereocenters. The summed E-state index contributed by atoms with van der Waals surface area (Å²) in [5, 5.41) is 12.4. The number of carbonyl (C=O) groups is 1. The van der Waals surface area contributed by atoms with Gasteiger partial charge in [0.1, 0.15) is 0 Å². The summed E-state index contributed by atoms with van der Waals surface area (Å²) >= 11 is 0. The predicted octanol–water partition coefficient (Wildman–Crippen LogP) is 3.16. The van der Waals surface area contributed by atoms with Crippen molar-refractivity contribution in [2.24, 2.45) is 5.41 Å². The van der Waals surface area contributed by atoms with Crippen LogP contribution in [-0.2, 0) is 17.9 Å². The van der Waals surface area contributed by atoms with E-state index in [4.69, 9.17) is 0 Å². The van der Waals surface area contributed by atoms with Crippen molar-refractivity contribution < 1.29 is 9.90 Å². The number of aliphatic hydroxyl groups excluding tert-OH is 1. The molecular weight excluding hydrogens is 250 g/mol. The number of amides is 1. The predicted molar refractivity (Wildman–Crippen MR) is 80.0 cm³/mol. The second-order valence-corrected chi connectivity index (χ2v) is 6.08. The van der Waals surface area contributed by atoms with E-state index in [1.165, 1.54) is 12.8 Å². The van der Waals surface area contributed by atoms with Crippen LogP contribution in [0.5, 0.6) is 0 Å². The first-order valence-electron chi connectivity index (χ1n) is 7.62. The Balaban J connectivity index is 1.97. The Morgan fingerprint density at radius 2 is 1.75 bits per heavy atom. The molecule has 3 nitrogen and oxygen atoms in total. The highest BCUT2D eigenvalue weighted by Crippen LogP contribution is 2.34. The van der Waals surface area contributed by atoms with Crippen LogP contribution in [0.2, 0.25) is 0 Å². The van der Waals surface area contributed by atoms with Crippen LogP contribution in [0.15, 0.2) is 24.3 Å². The fourth-order valence-electron chi connectivity index (χ4n) is 3.01. The van der Waals surface area contributed by atoms with Crippen LogP contribution in [0, 0.1) is 5.41 Å². The summed E-state index contributed by atoms with van der Waals surface area (Å²) < 4.78 is 0. The molecule has 1 fully saturated rings. The lowest BCUT2D eigenvalue weighted by Gasteiger charge is -2.26. The lowest BCUT2D eigenvalue weighted by Crippen LogP contribution is -2.38. The highest BCUT2D eigenvalue weighted by atomic mass is 16.3. The summed E-state index contributed by atoms with van der Waals surface area (Å²) in [6.07, 6.45) is 6.77. The number of hydrogen-bond acceptors (Lipinski definition) is 2. The standard InChI is InChI=1S/C17H25NO2/c1-17(10-6-2-3-7-11-17)16(20)18-12-14-8-4-5-9-15(14)13-19/h4-5,8-9,19H,2-3,6-7,10-13H2,1H3,(H,18,20). The molecule has 0 atom stereocenters. The second-order valence-electron chi connectivity index (χ2n) is 6.08. The van der Waals surface area contributed by atoms with E-state index in [9.17, 15) is 9.90 Å². The van der Waals surface area contributed by atoms with Gasteiger partial charge in [0.05, 0.1) is 6.61 Å². The zero-order valence-electron chi connectivity index (χ0n) is 12.3. The van der Waals surface area contributed by atoms with E-state index in [1.54, 1.807) is 0 Å². The number of nitrogens with one attached hydrogen (secondary N) is 1. The van der Waals surface area contributed by atoms with E-state index >= 15 is 0 Å². The van der Waals surface area contributed by atoms with Gasteiger partial charge in [0.15, 0.2) is 0 Å². The Morgan fingerprint density at radius 1 is 1.15 bits per heavy atom. The molecule has 0 saturated heterocycles. The van der Waals surface area contributed by atoms with E-state index in [0.717, 1.165) is 36.8 Å². The molecule has 110 valence electrons. The van der Waals surface area contributed by atoms with Gasteiger partial charge in [0.2, 0.25) is 5.91 Å². The van der Waals surface area contributed by atoms with Gasteiger partial charge in [-0.3, -0.25) is 4.79 Å². The second kappa shape index (κ2) is 6.89. The minimum absolute atomic E-state index is 0.0172. The van der Waals surface area contributed by atoms with Crippen LogP contribution in [0.3, 0.4) is 0 Å². The molecule has 1 saturated carbocycles. The smallest absolute Gasteiger partial charge is 0.226 e. The summed E-state index contributed by atoms with van der Waals surface area (Å²) in [6, 6.07) is 7.70. The molecule has 0 aromatic heterocycles. The van der Waals surface area contributed by atoms with Crippen LogP contribution in [-0.4, -0.2) is 11.0 Å². The van der Waals surface area contributed by atoms with Gasteiger partial charge in [-0.2, -0.15) is 0 Å². The van der Waals surface area contributed by atoms with Crippen molar-refractivity contribution >= 4 is 5.91 Å². The maximum absolute atomic E-state index is 12.5. The average molecular weight is 275 g/mol. The normalized spacial score (nSPS) is 18.3. The molecule has 1 aromatic carbocycles. The van der Waals surface area contributed by atoms with Gasteiger partial charge < -0.3 is 10.4 Å². The number of aliphatic hydroxyl groups is 1. The van der Waals surface area contributed by atoms with Gasteiger partial charge in [-0.25, -0.2) is 0 Å². The molecule has 1 amide bonds. The van der Waals surface area contributed by atoms with Crippen LogP contribution in [0.1, 0.15) is 56.6 Å². The van der Waals surface area contributed by atoms with Crippen molar-refractivity contribution in [1.29, 1.82) is 0 Å². The monoisotopic (exact) mass is 275 g/mol. The third-order valence-electron chi connectivity index (χ3n) is 4.48. The maximum atomic E-state index is 12.5. The van der Waals surface area contributed by atoms with Gasteiger partial charge >= 0.3 is 0 Å². The molecule has 0 aliphatic heterocycles. The summed E-state index contributed by atoms with van der Waals surface area (Å²) in [5.74, 6) is 0.159. The molecule has 0 radical (unpaired) electrons. The SMILES string of the molecule is CC1(C(=O)NCc2ccccc2CO)CCCCCC1. The fourth-order valence-corrected chi connectivity index (χ4v) is 3.01. The Bertz CT molecular complexity index is 448. The number of rotatable bonds is 4. The summed E-state index contributed by atoms with van der Waals surface area (Å²) in [7, 11) is 0. The minimum Gasteiger partial charge on any atom is -0.392 e. The number of hydrogen-bond donors (Lipinski definition) is 2. The van der Waals surface area contributed by atoms with Crippen molar-refractivity contribution in [3.05, 3.63) is 35.4 Å². The third kappa shape index (κ3) is 3.60. The summed E-state index contributed by atoms with van der Waals surface area (Å²) in [6.45, 7) is 2.61. The highest BCUT2D eigenvalue weighted by molar-refractivity contribution is 5.82. The van der Waals surface area contributed by atoms with Crippen molar-refractivity contribution in [3.63, 3.8) is 0 Å². The topological polar surface area (TPSA) is 49.3 Å². The van der Waals surface area contributed by atoms with E-state index in [-0.39, 0.29) is 17.9 Å². The van der Waals surface area contributed by atoms with Crippen molar-refractivity contribution in [2.75, 3.05) is 0 Å². The van der Waals surface area contributed by atoms with E-state index in [0.29, 0.717) is 6.54 Å². The molecule has 1 aliphatic rings. The van der Waals surface area contributed by atoms with Gasteiger partial charge in [-0.05, 0) is 24.0 Å². The summed E-state index contributed by atoms with van der Waals surface area (Å²) in [5.41, 5.74) is 1.67. The van der Waals surface area contributed by atoms with Crippen molar-refractivity contribution in [1.82, 2.24) is 5.32 Å². The molecule has 2 N–H and O–H groups in total. The molecule has 1 aliphatic carbocycles. The lowest BCUT2D eigenvalue weighted by molar-refractivity contribution is -0.131. The lowest BCUT2D eigenvalue weighted by atomic mass is 9.81. The number of benzene rings is 1. The van der Waals surface area contributed by atoms with Gasteiger partial charge in [-0.15, -0.1) is 0 Å². The van der Waals surface area contributed by atoms with Gasteiger partial charge in [-0.1, -0.05) is 56.9 Å². The molecular formula is C17H25NO2. The van der Waals surface area contributed by atoms with E-state index in [2.05, 4.69) is 12.2 Å². The minimum atomic E-state index is -0.218. The molecule has 0 spiro atoms. The Labute approximate surface area is 121 Å². The Hall–Kier alpha value is -1.35. The zero-order valence-corrected chi connectivity index (χ0v) is 12.3. The van der Waals surface area contributed by atoms with Crippen molar-refractivity contribution in [2.45, 2.75) is 58.6 Å². The van der Waals surface area contributed by atoms with Gasteiger partial charge in [0.25, 0.3) is 0 Å². The van der Waals surface area contributed by atoms with Crippen molar-refractivity contribution in [3.8, 4) is 0 Å². The highest BCUT2D eigenvalue weighted by Gasteiger charge is 2.33. The molecule has 3 heteroatoms. The number of carbonyl (C=O) groups excluding carboxylic acids is 1. The largest absolute Gasteiger partial charge is 0.392 e. The maximum Gasteiger partial charge on any atom is 0.226 e. The third-order valence-corrected chi connectivity index (χ3v) is 4.48. The van der Waals surface area contributed by atoms with Crippen LogP contribution in [0.25, 0.3) is 0 Å². The first kappa shape index (κ1) is 15.0. The van der Waals surface area contributed by atoms with Crippen LogP contribution < -0.4 is 5.32 Å². The summed E-state index contributed by atoms with van der Waals surface area (Å²) in [4.78, 5) is 12.5. The van der Waals surface area contributed by atoms with Crippen LogP contribution in [0.4, 0.5) is 0 Å². The quantitative estimate of drug-likeness (QED) is 0.829. The van der Waals surface area contributed by atoms with Crippen LogP contribution >= 0.6 is 0 Å². The first-order chi connectivity index (χ1) is 9.65. The molecule has 1 aromatic rings. The molecule has 2 rings (SSSR count). The van der Waals surface area contributed by atoms with Gasteiger partial charge in [0, 0.05) is 12.0 Å². The van der Waals surface area contributed by atoms with E-state index in [1.807, 2.05) is 24.3 Å². The molecule has 0 bridgehead atoms. The molecule has 0 heterocycles. The Kier molecular flexibility index (Phi) is 5.18. The van der Waals surface area contributed by atoms with E-state index < -0.39 is 0 Å². The Morgan fingerprint density at radius 3 is 2.35 bits per heavy atom.